The first-order valence-electron chi connectivity index (χ1n) is 9.83. The van der Waals surface area contributed by atoms with Gasteiger partial charge >= 0.3 is 6.18 Å². The minimum atomic E-state index is -4.37. The molecule has 9 nitrogen and oxygen atoms in total. The number of ether oxygens (including phenoxy) is 1. The Kier molecular flexibility index (Phi) is 5.78. The molecule has 0 aromatic carbocycles. The number of hydrogen-bond donors (Lipinski definition) is 2. The predicted octanol–water partition coefficient (Wildman–Crippen LogP) is 2.38. The Morgan fingerprint density at radius 2 is 2.12 bits per heavy atom. The van der Waals surface area contributed by atoms with Gasteiger partial charge in [0.2, 0.25) is 0 Å². The number of morpholine rings is 1. The van der Waals surface area contributed by atoms with Crippen LogP contribution < -0.4 is 10.6 Å². The second-order valence-corrected chi connectivity index (χ2v) is 7.32. The highest BCUT2D eigenvalue weighted by Crippen LogP contribution is 2.27. The van der Waals surface area contributed by atoms with Crippen molar-refractivity contribution < 1.29 is 17.9 Å². The Balaban J connectivity index is 1.68. The van der Waals surface area contributed by atoms with E-state index in [1.54, 1.807) is 12.3 Å². The summed E-state index contributed by atoms with van der Waals surface area (Å²) in [6.45, 7) is 2.93. The topological polar surface area (TPSA) is 118 Å². The van der Waals surface area contributed by atoms with E-state index < -0.39 is 18.7 Å². The summed E-state index contributed by atoms with van der Waals surface area (Å²) in [5, 5.41) is 7.55. The van der Waals surface area contributed by atoms with E-state index in [0.29, 0.717) is 41.7 Å². The highest BCUT2D eigenvalue weighted by molar-refractivity contribution is 5.77. The molecular weight excluding hydrogens is 425 g/mol. The summed E-state index contributed by atoms with van der Waals surface area (Å²) < 4.78 is 45.7. The fraction of sp³-hybridized carbons (Fsp3) is 0.350. The van der Waals surface area contributed by atoms with Crippen LogP contribution in [-0.2, 0) is 11.2 Å². The van der Waals surface area contributed by atoms with E-state index in [1.807, 2.05) is 11.8 Å². The zero-order chi connectivity index (χ0) is 22.9. The number of halogens is 3. The van der Waals surface area contributed by atoms with Crippen molar-refractivity contribution >= 4 is 17.7 Å². The maximum atomic E-state index is 12.8. The average Bonchev–Trinajstić information content (AvgIpc) is 3.18. The van der Waals surface area contributed by atoms with Crippen molar-refractivity contribution in [2.24, 2.45) is 5.73 Å². The van der Waals surface area contributed by atoms with Gasteiger partial charge in [-0.25, -0.2) is 15.0 Å². The van der Waals surface area contributed by atoms with Gasteiger partial charge in [-0.1, -0.05) is 0 Å². The first-order chi connectivity index (χ1) is 15.3. The summed E-state index contributed by atoms with van der Waals surface area (Å²) in [4.78, 5) is 19.0. The quantitative estimate of drug-likeness (QED) is 0.578. The third kappa shape index (κ3) is 4.26. The maximum absolute atomic E-state index is 12.8. The molecule has 0 spiro atoms. The lowest BCUT2D eigenvalue weighted by molar-refractivity contribution is -0.127. The second kappa shape index (κ2) is 8.54. The summed E-state index contributed by atoms with van der Waals surface area (Å²) in [6.07, 6.45) is 2.31. The zero-order valence-corrected chi connectivity index (χ0v) is 17.1. The van der Waals surface area contributed by atoms with Crippen LogP contribution in [0.3, 0.4) is 0 Å². The van der Waals surface area contributed by atoms with Gasteiger partial charge < -0.3 is 20.8 Å². The molecule has 1 fully saturated rings. The first-order valence-corrected chi connectivity index (χ1v) is 9.83. The summed E-state index contributed by atoms with van der Waals surface area (Å²) in [5.41, 5.74) is 6.90. The monoisotopic (exact) mass is 446 g/mol. The van der Waals surface area contributed by atoms with E-state index in [-0.39, 0.29) is 11.7 Å². The third-order valence-corrected chi connectivity index (χ3v) is 5.24. The van der Waals surface area contributed by atoms with Gasteiger partial charge in [-0.3, -0.25) is 9.38 Å². The Hall–Kier alpha value is -3.54. The lowest BCUT2D eigenvalue weighted by Crippen LogP contribution is -2.51. The average molecular weight is 446 g/mol. The van der Waals surface area contributed by atoms with Crippen LogP contribution in [0.25, 0.3) is 17.2 Å². The van der Waals surface area contributed by atoms with Crippen LogP contribution in [0.15, 0.2) is 42.6 Å². The van der Waals surface area contributed by atoms with Crippen LogP contribution in [0, 0.1) is 5.41 Å². The molecule has 2 unspecified atom stereocenters. The van der Waals surface area contributed by atoms with Crippen LogP contribution in [0.1, 0.15) is 12.6 Å². The molecule has 3 aromatic rings. The Bertz CT molecular complexity index is 1160. The van der Waals surface area contributed by atoms with Crippen LogP contribution in [0.2, 0.25) is 0 Å². The lowest BCUT2D eigenvalue weighted by Gasteiger charge is -2.40. The molecule has 0 saturated carbocycles. The van der Waals surface area contributed by atoms with Gasteiger partial charge in [0.05, 0.1) is 37.2 Å². The minimum absolute atomic E-state index is 0.127. The molecule has 0 aliphatic carbocycles. The molecule has 0 radical (unpaired) electrons. The molecule has 1 aliphatic heterocycles. The van der Waals surface area contributed by atoms with Crippen LogP contribution in [-0.4, -0.2) is 62.0 Å². The maximum Gasteiger partial charge on any atom is 0.394 e. The van der Waals surface area contributed by atoms with Gasteiger partial charge in [-0.2, -0.15) is 13.2 Å². The van der Waals surface area contributed by atoms with E-state index in [2.05, 4.69) is 19.9 Å². The van der Waals surface area contributed by atoms with Crippen molar-refractivity contribution in [2.45, 2.75) is 31.7 Å². The molecule has 0 amide bonds. The SMILES string of the molecule is CC1C(/C(C=N)=C/N)OCCN1c1ccnc(-c2cnc3cnc(CC(F)(F)F)cn23)n1. The number of anilines is 1. The van der Waals surface area contributed by atoms with Gasteiger partial charge in [-0.15, -0.1) is 0 Å². The number of nitrogens with two attached hydrogens (primary N) is 1. The Morgan fingerprint density at radius 1 is 1.31 bits per heavy atom. The van der Waals surface area contributed by atoms with E-state index in [1.165, 1.54) is 35.4 Å². The molecule has 1 aliphatic rings. The van der Waals surface area contributed by atoms with E-state index in [9.17, 15) is 13.2 Å². The molecule has 32 heavy (non-hydrogen) atoms. The Morgan fingerprint density at radius 3 is 2.84 bits per heavy atom. The van der Waals surface area contributed by atoms with Gasteiger partial charge in [0.25, 0.3) is 0 Å². The van der Waals surface area contributed by atoms with Crippen LogP contribution in [0.4, 0.5) is 19.0 Å². The molecule has 0 bridgehead atoms. The van der Waals surface area contributed by atoms with Gasteiger partial charge in [0.1, 0.15) is 17.6 Å². The highest BCUT2D eigenvalue weighted by Gasteiger charge is 2.32. The van der Waals surface area contributed by atoms with Gasteiger partial charge in [-0.05, 0) is 13.0 Å². The molecule has 4 heterocycles. The fourth-order valence-corrected chi connectivity index (χ4v) is 3.73. The smallest absolute Gasteiger partial charge is 0.394 e. The normalized spacial score (nSPS) is 20.0. The van der Waals surface area contributed by atoms with E-state index >= 15 is 0 Å². The number of nitrogens with one attached hydrogen (secondary N) is 1. The summed E-state index contributed by atoms with van der Waals surface area (Å²) in [7, 11) is 0. The number of hydrogen-bond acceptors (Lipinski definition) is 8. The van der Waals surface area contributed by atoms with Crippen LogP contribution >= 0.6 is 0 Å². The van der Waals surface area contributed by atoms with Crippen molar-refractivity contribution in [3.63, 3.8) is 0 Å². The van der Waals surface area contributed by atoms with Crippen LogP contribution in [0.5, 0.6) is 0 Å². The molecule has 3 N–H and O–H groups in total. The number of imidazole rings is 1. The molecule has 2 atom stereocenters. The summed E-state index contributed by atoms with van der Waals surface area (Å²) in [6, 6.07) is 1.59. The standard InChI is InChI=1S/C20H21F3N8O/c1-12-18(13(7-24)8-25)32-5-4-30(12)16-2-3-26-19(29-16)15-9-28-17-10-27-14(11-31(15)17)6-20(21,22)23/h2-3,7-12,18,24H,4-6,25H2,1H3/b13-8+,24-7?. The summed E-state index contributed by atoms with van der Waals surface area (Å²) >= 11 is 0. The van der Waals surface area contributed by atoms with Crippen molar-refractivity contribution in [3.05, 3.63) is 48.3 Å². The highest BCUT2D eigenvalue weighted by atomic mass is 19.4. The minimum Gasteiger partial charge on any atom is -0.404 e. The molecule has 168 valence electrons. The molecule has 3 aromatic heterocycles. The second-order valence-electron chi connectivity index (χ2n) is 7.32. The third-order valence-electron chi connectivity index (χ3n) is 5.24. The van der Waals surface area contributed by atoms with E-state index in [0.717, 1.165) is 0 Å². The number of aromatic nitrogens is 5. The van der Waals surface area contributed by atoms with Crippen molar-refractivity contribution in [2.75, 3.05) is 18.1 Å². The number of nitrogens with zero attached hydrogens (tertiary/aromatic N) is 6. The molecule has 12 heteroatoms. The van der Waals surface area contributed by atoms with Gasteiger partial charge in [0, 0.05) is 36.9 Å². The number of alkyl halides is 3. The fourth-order valence-electron chi connectivity index (χ4n) is 3.73. The molecule has 1 saturated heterocycles. The number of fused-ring (bicyclic) bond motifs is 1. The summed E-state index contributed by atoms with van der Waals surface area (Å²) in [5.74, 6) is 0.938. The molecule has 4 rings (SSSR count). The van der Waals surface area contributed by atoms with Crippen molar-refractivity contribution in [1.29, 1.82) is 5.41 Å². The number of rotatable bonds is 5. The van der Waals surface area contributed by atoms with Crippen molar-refractivity contribution in [3.8, 4) is 11.5 Å². The lowest BCUT2D eigenvalue weighted by atomic mass is 10.0. The Labute approximate surface area is 181 Å². The first kappa shape index (κ1) is 21.7. The zero-order valence-electron chi connectivity index (χ0n) is 17.1. The van der Waals surface area contributed by atoms with Crippen molar-refractivity contribution in [1.82, 2.24) is 24.3 Å². The molecular formula is C20H21F3N8O. The van der Waals surface area contributed by atoms with E-state index in [4.69, 9.17) is 15.9 Å². The largest absolute Gasteiger partial charge is 0.404 e. The predicted molar refractivity (Wildman–Crippen MR) is 111 cm³/mol. The van der Waals surface area contributed by atoms with Gasteiger partial charge in [0.15, 0.2) is 11.5 Å².